The average molecular weight is 548 g/mol. The number of piperazine rings is 1. The van der Waals surface area contributed by atoms with Gasteiger partial charge in [0.15, 0.2) is 11.6 Å². The van der Waals surface area contributed by atoms with E-state index in [0.717, 1.165) is 42.3 Å². The van der Waals surface area contributed by atoms with Crippen LogP contribution in [0.15, 0.2) is 30.6 Å². The number of hydrogen-bond donors (Lipinski definition) is 1. The number of nitrogens with zero attached hydrogens (tertiary/aromatic N) is 8. The molecule has 12 heteroatoms. The van der Waals surface area contributed by atoms with Crippen molar-refractivity contribution in [1.29, 1.82) is 0 Å². The standard InChI is InChI=1S/C28H34FN9O2/c1-17-16-36(13-14-37(17)27(39)40-28(2,3)4)22-10-9-21(34-35-22)32-26-31-15-20-19-11-12-30-24(29)23(19)38(25(20)33-26)18-7-5-6-8-18/h9-12,15,17-18H,5-8,13-14,16H2,1-4H3,(H,31,32,33,34). The van der Waals surface area contributed by atoms with Gasteiger partial charge in [-0.25, -0.2) is 14.8 Å². The van der Waals surface area contributed by atoms with Crippen molar-refractivity contribution in [3.05, 3.63) is 36.5 Å². The SMILES string of the molecule is CC1CN(c2ccc(Nc3ncc4c5ccnc(F)c5n(C5CCCC5)c4n3)nn2)CCN1C(=O)OC(C)(C)C. The number of pyridine rings is 1. The number of anilines is 3. The van der Waals surface area contributed by atoms with E-state index in [1.807, 2.05) is 50.5 Å². The highest BCUT2D eigenvalue weighted by molar-refractivity contribution is 6.06. The number of rotatable bonds is 4. The van der Waals surface area contributed by atoms with Gasteiger partial charge in [0.05, 0.1) is 0 Å². The van der Waals surface area contributed by atoms with Crippen LogP contribution in [0.2, 0.25) is 0 Å². The Morgan fingerprint density at radius 3 is 2.58 bits per heavy atom. The molecule has 0 aromatic carbocycles. The summed E-state index contributed by atoms with van der Waals surface area (Å²) in [6, 6.07) is 5.69. The molecule has 0 radical (unpaired) electrons. The van der Waals surface area contributed by atoms with E-state index in [1.54, 1.807) is 11.1 Å². The lowest BCUT2D eigenvalue weighted by Gasteiger charge is -2.40. The van der Waals surface area contributed by atoms with E-state index in [1.165, 1.54) is 6.20 Å². The second-order valence-corrected chi connectivity index (χ2v) is 11.6. The molecule has 2 aliphatic rings. The zero-order valence-electron chi connectivity index (χ0n) is 23.3. The predicted octanol–water partition coefficient (Wildman–Crippen LogP) is 5.21. The lowest BCUT2D eigenvalue weighted by molar-refractivity contribution is 0.0158. The van der Waals surface area contributed by atoms with Crippen LogP contribution in [0.4, 0.5) is 26.8 Å². The Hall–Kier alpha value is -4.09. The number of amides is 1. The first kappa shape index (κ1) is 26.1. The molecule has 1 saturated carbocycles. The Labute approximate surface area is 231 Å². The molecule has 2 fully saturated rings. The Morgan fingerprint density at radius 1 is 1.07 bits per heavy atom. The summed E-state index contributed by atoms with van der Waals surface area (Å²) in [5.74, 6) is 1.10. The van der Waals surface area contributed by atoms with Crippen molar-refractivity contribution in [3.8, 4) is 0 Å². The summed E-state index contributed by atoms with van der Waals surface area (Å²) in [5.41, 5.74) is 0.644. The minimum atomic E-state index is -0.531. The quantitative estimate of drug-likeness (QED) is 0.344. The molecule has 11 nitrogen and oxygen atoms in total. The van der Waals surface area contributed by atoms with Crippen LogP contribution in [0.5, 0.6) is 0 Å². The highest BCUT2D eigenvalue weighted by Crippen LogP contribution is 2.38. The molecule has 210 valence electrons. The van der Waals surface area contributed by atoms with E-state index in [0.29, 0.717) is 42.6 Å². The molecule has 1 aliphatic carbocycles. The third kappa shape index (κ3) is 4.98. The molecule has 0 spiro atoms. The van der Waals surface area contributed by atoms with Gasteiger partial charge in [0, 0.05) is 54.9 Å². The third-order valence-electron chi connectivity index (χ3n) is 7.57. The maximum atomic E-state index is 14.9. The van der Waals surface area contributed by atoms with Crippen molar-refractivity contribution < 1.29 is 13.9 Å². The average Bonchev–Trinajstić information content (AvgIpc) is 3.54. The van der Waals surface area contributed by atoms with Crippen LogP contribution in [0, 0.1) is 5.95 Å². The van der Waals surface area contributed by atoms with E-state index in [2.05, 4.69) is 30.4 Å². The third-order valence-corrected chi connectivity index (χ3v) is 7.57. The highest BCUT2D eigenvalue weighted by atomic mass is 19.1. The fourth-order valence-electron chi connectivity index (χ4n) is 5.74. The maximum Gasteiger partial charge on any atom is 0.410 e. The number of fused-ring (bicyclic) bond motifs is 3. The van der Waals surface area contributed by atoms with E-state index < -0.39 is 11.5 Å². The van der Waals surface area contributed by atoms with Crippen molar-refractivity contribution in [2.45, 2.75) is 71.1 Å². The van der Waals surface area contributed by atoms with Gasteiger partial charge in [-0.3, -0.25) is 0 Å². The normalized spacial score (nSPS) is 18.6. The number of ether oxygens (including phenoxy) is 1. The van der Waals surface area contributed by atoms with Crippen molar-refractivity contribution in [2.75, 3.05) is 29.9 Å². The van der Waals surface area contributed by atoms with Crippen molar-refractivity contribution in [1.82, 2.24) is 34.6 Å². The number of carbonyl (C=O) groups excluding carboxylic acids is 1. The predicted molar refractivity (Wildman–Crippen MR) is 150 cm³/mol. The molecule has 5 heterocycles. The largest absolute Gasteiger partial charge is 0.444 e. The summed E-state index contributed by atoms with van der Waals surface area (Å²) in [6.45, 7) is 9.39. The monoisotopic (exact) mass is 547 g/mol. The topological polar surface area (TPSA) is 114 Å². The van der Waals surface area contributed by atoms with Crippen LogP contribution in [0.25, 0.3) is 21.9 Å². The summed E-state index contributed by atoms with van der Waals surface area (Å²) in [7, 11) is 0. The first-order chi connectivity index (χ1) is 19.2. The molecule has 4 aromatic rings. The number of carbonyl (C=O) groups is 1. The Morgan fingerprint density at radius 2 is 1.88 bits per heavy atom. The highest BCUT2D eigenvalue weighted by Gasteiger charge is 2.31. The van der Waals surface area contributed by atoms with Gasteiger partial charge in [-0.05, 0) is 58.7 Å². The van der Waals surface area contributed by atoms with Crippen LogP contribution in [-0.4, -0.2) is 72.0 Å². The fourth-order valence-corrected chi connectivity index (χ4v) is 5.74. The zero-order chi connectivity index (χ0) is 28.0. The van der Waals surface area contributed by atoms with Crippen molar-refractivity contribution in [3.63, 3.8) is 0 Å². The molecule has 1 aliphatic heterocycles. The minimum Gasteiger partial charge on any atom is -0.444 e. The number of aromatic nitrogens is 6. The van der Waals surface area contributed by atoms with Gasteiger partial charge in [-0.2, -0.15) is 9.37 Å². The molecular formula is C28H34FN9O2. The molecule has 1 amide bonds. The van der Waals surface area contributed by atoms with Gasteiger partial charge >= 0.3 is 6.09 Å². The van der Waals surface area contributed by atoms with Gasteiger partial charge in [-0.1, -0.05) is 12.8 Å². The van der Waals surface area contributed by atoms with E-state index >= 15 is 0 Å². The molecule has 6 rings (SSSR count). The van der Waals surface area contributed by atoms with Crippen LogP contribution in [-0.2, 0) is 4.74 Å². The first-order valence-electron chi connectivity index (χ1n) is 13.8. The Bertz CT molecular complexity index is 1540. The van der Waals surface area contributed by atoms with E-state index in [-0.39, 0.29) is 18.2 Å². The summed E-state index contributed by atoms with van der Waals surface area (Å²) >= 11 is 0. The van der Waals surface area contributed by atoms with Gasteiger partial charge in [0.1, 0.15) is 16.8 Å². The van der Waals surface area contributed by atoms with Crippen LogP contribution in [0.1, 0.15) is 59.4 Å². The second kappa shape index (κ2) is 10.1. The van der Waals surface area contributed by atoms with Crippen molar-refractivity contribution in [2.24, 2.45) is 0 Å². The molecule has 0 bridgehead atoms. The number of halogens is 1. The molecule has 1 unspecified atom stereocenters. The van der Waals surface area contributed by atoms with Crippen molar-refractivity contribution >= 4 is 45.6 Å². The van der Waals surface area contributed by atoms with Gasteiger partial charge < -0.3 is 24.4 Å². The molecule has 1 saturated heterocycles. The first-order valence-corrected chi connectivity index (χ1v) is 13.8. The second-order valence-electron chi connectivity index (χ2n) is 11.6. The fraction of sp³-hybridized carbons (Fsp3) is 0.500. The summed E-state index contributed by atoms with van der Waals surface area (Å²) in [4.78, 5) is 29.6. The molecule has 1 atom stereocenters. The van der Waals surface area contributed by atoms with Crippen LogP contribution < -0.4 is 10.2 Å². The summed E-state index contributed by atoms with van der Waals surface area (Å²) in [5, 5.41) is 13.5. The molecule has 4 aromatic heterocycles. The number of nitrogens with one attached hydrogen (secondary N) is 1. The summed E-state index contributed by atoms with van der Waals surface area (Å²) in [6.07, 6.45) is 7.10. The molecule has 40 heavy (non-hydrogen) atoms. The summed E-state index contributed by atoms with van der Waals surface area (Å²) < 4.78 is 22.4. The smallest absolute Gasteiger partial charge is 0.410 e. The maximum absolute atomic E-state index is 14.9. The van der Waals surface area contributed by atoms with Gasteiger partial charge in [-0.15, -0.1) is 10.2 Å². The molecule has 1 N–H and O–H groups in total. The molecular weight excluding hydrogens is 513 g/mol. The zero-order valence-corrected chi connectivity index (χ0v) is 23.3. The lowest BCUT2D eigenvalue weighted by atomic mass is 10.2. The van der Waals surface area contributed by atoms with Crippen LogP contribution in [0.3, 0.4) is 0 Å². The van der Waals surface area contributed by atoms with Crippen LogP contribution >= 0.6 is 0 Å². The Kier molecular flexibility index (Phi) is 6.63. The van der Waals surface area contributed by atoms with Gasteiger partial charge in [0.2, 0.25) is 11.9 Å². The van der Waals surface area contributed by atoms with E-state index in [4.69, 9.17) is 9.72 Å². The lowest BCUT2D eigenvalue weighted by Crippen LogP contribution is -2.55. The Balaban J connectivity index is 1.19. The number of hydrogen-bond acceptors (Lipinski definition) is 9. The van der Waals surface area contributed by atoms with E-state index in [9.17, 15) is 9.18 Å². The minimum absolute atomic E-state index is 0.0324. The van der Waals surface area contributed by atoms with Gasteiger partial charge in [0.25, 0.3) is 0 Å².